The average molecular weight is 943 g/mol. The van der Waals surface area contributed by atoms with Crippen LogP contribution in [0.25, 0.3) is 71.9 Å². The number of furan rings is 1. The molecule has 4 heterocycles. The summed E-state index contributed by atoms with van der Waals surface area (Å²) in [7, 11) is 0. The molecule has 0 amide bonds. The first kappa shape index (κ1) is 31.2. The first-order chi connectivity index (χ1) is 30.7. The van der Waals surface area contributed by atoms with Crippen LogP contribution in [0, 0.1) is 23.5 Å². The van der Waals surface area contributed by atoms with Gasteiger partial charge in [0.05, 0.1) is 33.1 Å². The van der Waals surface area contributed by atoms with Gasteiger partial charge in [0.2, 0.25) is 0 Å². The topological polar surface area (TPSA) is 67.6 Å². The van der Waals surface area contributed by atoms with E-state index in [1.54, 1.807) is 24.4 Å². The number of hydrogen-bond acceptors (Lipinski definition) is 4. The van der Waals surface area contributed by atoms with Crippen molar-refractivity contribution in [2.24, 2.45) is 0 Å². The third kappa shape index (κ3) is 7.37. The van der Waals surface area contributed by atoms with Gasteiger partial charge in [0, 0.05) is 48.7 Å². The van der Waals surface area contributed by atoms with E-state index in [1.807, 2.05) is 44.3 Å². The summed E-state index contributed by atoms with van der Waals surface area (Å²) in [6, 6.07) is 26.1. The second kappa shape index (κ2) is 15.8. The number of aromatic nitrogens is 3. The van der Waals surface area contributed by atoms with Gasteiger partial charge >= 0.3 is 0 Å². The summed E-state index contributed by atoms with van der Waals surface area (Å²) in [5.74, 6) is 0.0498. The van der Waals surface area contributed by atoms with Crippen LogP contribution in [0.1, 0.15) is 94.5 Å². The number of benzene rings is 5. The molecule has 0 aliphatic carbocycles. The summed E-state index contributed by atoms with van der Waals surface area (Å²) < 4.78 is 77.0. The van der Waals surface area contributed by atoms with Crippen LogP contribution < -0.4 is 0 Å². The minimum absolute atomic E-state index is 0. The molecular formula is C52H46IrN4O-2. The molecule has 9 aromatic rings. The van der Waals surface area contributed by atoms with E-state index < -0.39 is 48.3 Å². The van der Waals surface area contributed by atoms with Crippen molar-refractivity contribution < 1.29 is 35.5 Å². The Bertz CT molecular complexity index is 3340. The number of pyridine rings is 2. The quantitative estimate of drug-likeness (QED) is 0.165. The molecule has 0 spiro atoms. The predicted octanol–water partition coefficient (Wildman–Crippen LogP) is 13.7. The van der Waals surface area contributed by atoms with Crippen LogP contribution in [-0.2, 0) is 30.9 Å². The van der Waals surface area contributed by atoms with Crippen LogP contribution >= 0.6 is 0 Å². The zero-order chi connectivity index (χ0) is 47.0. The summed E-state index contributed by atoms with van der Waals surface area (Å²) in [5.41, 5.74) is 7.70. The molecule has 0 fully saturated rings. The van der Waals surface area contributed by atoms with Crippen LogP contribution in [-0.4, -0.2) is 14.5 Å². The van der Waals surface area contributed by atoms with Crippen molar-refractivity contribution in [1.82, 2.24) is 14.5 Å². The Balaban J connectivity index is 0.000000260. The third-order valence-electron chi connectivity index (χ3n) is 10.2. The molecule has 9 rings (SSSR count). The van der Waals surface area contributed by atoms with Gasteiger partial charge in [-0.3, -0.25) is 0 Å². The molecule has 5 aromatic carbocycles. The Morgan fingerprint density at radius 3 is 2.03 bits per heavy atom. The molecule has 0 atom stereocenters. The van der Waals surface area contributed by atoms with Crippen molar-refractivity contribution in [3.05, 3.63) is 162 Å². The van der Waals surface area contributed by atoms with Gasteiger partial charge in [-0.25, -0.2) is 0 Å². The predicted molar refractivity (Wildman–Crippen MR) is 235 cm³/mol. The first-order valence-electron chi connectivity index (χ1n) is 22.9. The van der Waals surface area contributed by atoms with Crippen LogP contribution in [0.2, 0.25) is 0 Å². The van der Waals surface area contributed by atoms with Crippen LogP contribution in [0.3, 0.4) is 0 Å². The summed E-state index contributed by atoms with van der Waals surface area (Å²) in [5, 5.41) is 11.6. The largest absolute Gasteiger partial charge is 0.498 e. The molecule has 0 saturated heterocycles. The molecule has 6 heteroatoms. The SMILES string of the molecule is CC(C)(C)c1ccc(-c2[c-]ccc(C(C)(C)C)c2)nc1.[2H]c1c([2H])c([2H])c2c(c1[2H])c1c([2H])c([2H])c([2H])c([2H])c1n2-c1c(C#N)ccc2c1oc1c(-c3ccccn3)[c-]cc(C(C)C)c12.[Ir]. The smallest absolute Gasteiger partial charge is 0.146 e. The van der Waals surface area contributed by atoms with Crippen LogP contribution in [0.5, 0.6) is 0 Å². The van der Waals surface area contributed by atoms with Crippen molar-refractivity contribution in [3.63, 3.8) is 0 Å². The molecule has 1 radical (unpaired) electrons. The summed E-state index contributed by atoms with van der Waals surface area (Å²) in [6.45, 7) is 17.4. The Labute approximate surface area is 366 Å². The van der Waals surface area contributed by atoms with Crippen molar-refractivity contribution in [3.8, 4) is 34.3 Å². The average Bonchev–Trinajstić information content (AvgIpc) is 3.85. The maximum atomic E-state index is 10.4. The summed E-state index contributed by atoms with van der Waals surface area (Å²) in [4.78, 5) is 9.10. The molecule has 0 aliphatic rings. The number of hydrogen-bond donors (Lipinski definition) is 0. The Kier molecular flexibility index (Phi) is 8.50. The van der Waals surface area contributed by atoms with Crippen molar-refractivity contribution in [1.29, 1.82) is 5.26 Å². The van der Waals surface area contributed by atoms with Gasteiger partial charge in [-0.15, -0.1) is 53.1 Å². The van der Waals surface area contributed by atoms with E-state index in [0.29, 0.717) is 22.2 Å². The van der Waals surface area contributed by atoms with E-state index in [-0.39, 0.29) is 75.5 Å². The number of nitrogens with zero attached hydrogens (tertiary/aromatic N) is 4. The molecule has 0 aliphatic heterocycles. The molecular weight excluding hydrogens is 889 g/mol. The van der Waals surface area contributed by atoms with Crippen molar-refractivity contribution in [2.75, 3.05) is 0 Å². The maximum Gasteiger partial charge on any atom is 0.146 e. The fourth-order valence-corrected chi connectivity index (χ4v) is 7.09. The normalized spacial score (nSPS) is 13.7. The van der Waals surface area contributed by atoms with E-state index in [2.05, 4.69) is 94.0 Å². The minimum Gasteiger partial charge on any atom is -0.498 e. The van der Waals surface area contributed by atoms with Gasteiger partial charge in [0.1, 0.15) is 17.3 Å². The molecule has 291 valence electrons. The Morgan fingerprint density at radius 2 is 1.45 bits per heavy atom. The standard InChI is InChI=1S/C33H22N3O.C19H24N.Ir/c1-20(2)22-16-17-25(27-11-7-8-18-35-27)32-30(22)26-15-14-21(19-34)31(33(26)37-32)36-28-12-5-3-9-23(28)24-10-4-6-13-29(24)36;1-18(2,3)15-9-7-8-14(12-15)17-11-10-16(13-20-17)19(4,5)6;/h3-16,18,20H,1-2H3;7,9-13H,1-6H3;/q2*-1;/i3D,4D,5D,6D,9D,10D,12D,13D;;. The number of fused-ring (bicyclic) bond motifs is 6. The zero-order valence-electron chi connectivity index (χ0n) is 41.6. The Morgan fingerprint density at radius 1 is 0.759 bits per heavy atom. The van der Waals surface area contributed by atoms with E-state index >= 15 is 0 Å². The molecule has 0 saturated carbocycles. The molecule has 4 aromatic heterocycles. The summed E-state index contributed by atoms with van der Waals surface area (Å²) >= 11 is 0. The second-order valence-electron chi connectivity index (χ2n) is 16.5. The zero-order valence-corrected chi connectivity index (χ0v) is 36.0. The number of para-hydroxylation sites is 2. The number of nitriles is 1. The minimum atomic E-state index is -0.545. The monoisotopic (exact) mass is 943 g/mol. The van der Waals surface area contributed by atoms with Gasteiger partial charge in [0.15, 0.2) is 0 Å². The van der Waals surface area contributed by atoms with E-state index in [1.165, 1.54) is 15.7 Å². The van der Waals surface area contributed by atoms with Crippen molar-refractivity contribution >= 4 is 43.7 Å². The molecule has 58 heavy (non-hydrogen) atoms. The van der Waals surface area contributed by atoms with E-state index in [9.17, 15) is 5.26 Å². The molecule has 0 unspecified atom stereocenters. The second-order valence-corrected chi connectivity index (χ2v) is 16.5. The van der Waals surface area contributed by atoms with Crippen LogP contribution in [0.15, 0.2) is 132 Å². The summed E-state index contributed by atoms with van der Waals surface area (Å²) in [6.07, 6.45) is 3.64. The third-order valence-corrected chi connectivity index (χ3v) is 10.2. The van der Waals surface area contributed by atoms with E-state index in [0.717, 1.165) is 22.2 Å². The van der Waals surface area contributed by atoms with Gasteiger partial charge in [-0.2, -0.15) is 5.26 Å². The van der Waals surface area contributed by atoms with Gasteiger partial charge < -0.3 is 19.0 Å². The van der Waals surface area contributed by atoms with Gasteiger partial charge in [-0.1, -0.05) is 139 Å². The first-order valence-corrected chi connectivity index (χ1v) is 18.9. The fourth-order valence-electron chi connectivity index (χ4n) is 7.09. The van der Waals surface area contributed by atoms with Crippen molar-refractivity contribution in [2.45, 2.75) is 72.1 Å². The van der Waals surface area contributed by atoms with E-state index in [4.69, 9.17) is 15.4 Å². The molecule has 0 N–H and O–H groups in total. The number of rotatable bonds is 4. The maximum absolute atomic E-state index is 10.4. The van der Waals surface area contributed by atoms with Gasteiger partial charge in [-0.05, 0) is 52.0 Å². The Hall–Kier alpha value is -5.86. The molecule has 5 nitrogen and oxygen atoms in total. The van der Waals surface area contributed by atoms with Gasteiger partial charge in [0.25, 0.3) is 0 Å². The fraction of sp³-hybridized carbons (Fsp3) is 0.212. The van der Waals surface area contributed by atoms with Crippen LogP contribution in [0.4, 0.5) is 0 Å². The molecule has 0 bridgehead atoms.